The Kier molecular flexibility index (Phi) is 7.78. The number of benzene rings is 2. The Morgan fingerprint density at radius 3 is 2.05 bits per heavy atom. The fraction of sp³-hybridized carbons (Fsp3) is 0.462. The Balaban J connectivity index is 2.12. The summed E-state index contributed by atoms with van der Waals surface area (Å²) in [4.78, 5) is 2.66. The SMILES string of the molecule is CC(C)(C)[C@H](c1cc2[nH]cc(C(F)(F)CN[S@@+]([O-])C(C)(C)C)c2cc1F)c1ccc(F)cc1C(F)(F)F. The molecule has 37 heavy (non-hydrogen) atoms. The minimum atomic E-state index is -4.90. The van der Waals surface area contributed by atoms with Crippen molar-refractivity contribution < 1.29 is 35.3 Å². The molecule has 0 spiro atoms. The van der Waals surface area contributed by atoms with Gasteiger partial charge in [-0.1, -0.05) is 26.8 Å². The maximum Gasteiger partial charge on any atom is 0.416 e. The molecular formula is C26H29F7N2OS. The lowest BCUT2D eigenvalue weighted by molar-refractivity contribution is -0.138. The monoisotopic (exact) mass is 550 g/mol. The third kappa shape index (κ3) is 6.26. The average molecular weight is 551 g/mol. The molecule has 0 amide bonds. The highest BCUT2D eigenvalue weighted by atomic mass is 32.2. The van der Waals surface area contributed by atoms with Crippen molar-refractivity contribution in [3.63, 3.8) is 0 Å². The van der Waals surface area contributed by atoms with Gasteiger partial charge in [-0.2, -0.15) is 22.0 Å². The predicted molar refractivity (Wildman–Crippen MR) is 131 cm³/mol. The van der Waals surface area contributed by atoms with Gasteiger partial charge in [-0.25, -0.2) is 8.78 Å². The van der Waals surface area contributed by atoms with Gasteiger partial charge >= 0.3 is 6.18 Å². The van der Waals surface area contributed by atoms with Crippen molar-refractivity contribution >= 4 is 22.3 Å². The van der Waals surface area contributed by atoms with Gasteiger partial charge in [0.2, 0.25) is 0 Å². The highest BCUT2D eigenvalue weighted by Crippen LogP contribution is 2.47. The van der Waals surface area contributed by atoms with Gasteiger partial charge in [-0.15, -0.1) is 4.72 Å². The summed E-state index contributed by atoms with van der Waals surface area (Å²) < 4.78 is 114. The van der Waals surface area contributed by atoms with Crippen LogP contribution in [0.3, 0.4) is 0 Å². The van der Waals surface area contributed by atoms with Gasteiger partial charge in [0, 0.05) is 39.9 Å². The second-order valence-corrected chi connectivity index (χ2v) is 13.1. The maximum absolute atomic E-state index is 15.5. The quantitative estimate of drug-likeness (QED) is 0.243. The van der Waals surface area contributed by atoms with Gasteiger partial charge in [0.1, 0.15) is 22.9 Å². The van der Waals surface area contributed by atoms with Gasteiger partial charge in [-0.05, 0) is 61.6 Å². The first kappa shape index (κ1) is 29.3. The molecule has 0 bridgehead atoms. The summed E-state index contributed by atoms with van der Waals surface area (Å²) in [6.07, 6.45) is -3.90. The van der Waals surface area contributed by atoms with Crippen LogP contribution in [0, 0.1) is 17.0 Å². The van der Waals surface area contributed by atoms with Crippen LogP contribution < -0.4 is 4.72 Å². The molecule has 3 nitrogen and oxygen atoms in total. The summed E-state index contributed by atoms with van der Waals surface area (Å²) >= 11 is -1.77. The summed E-state index contributed by atoms with van der Waals surface area (Å²) in [7, 11) is 0. The molecule has 3 rings (SSSR count). The van der Waals surface area contributed by atoms with Crippen LogP contribution in [0.15, 0.2) is 36.5 Å². The number of H-pyrrole nitrogens is 1. The summed E-state index contributed by atoms with van der Waals surface area (Å²) in [6, 6.07) is 4.30. The Morgan fingerprint density at radius 1 is 0.892 bits per heavy atom. The number of aromatic amines is 1. The lowest BCUT2D eigenvalue weighted by Gasteiger charge is -2.34. The van der Waals surface area contributed by atoms with E-state index in [1.54, 1.807) is 41.5 Å². The molecule has 1 heterocycles. The van der Waals surface area contributed by atoms with E-state index >= 15 is 13.2 Å². The maximum atomic E-state index is 15.5. The number of rotatable bonds is 6. The number of alkyl halides is 5. The molecule has 0 fully saturated rings. The van der Waals surface area contributed by atoms with E-state index in [4.69, 9.17) is 0 Å². The Bertz CT molecular complexity index is 1270. The second-order valence-electron chi connectivity index (χ2n) is 11.1. The lowest BCUT2D eigenvalue weighted by atomic mass is 9.71. The van der Waals surface area contributed by atoms with E-state index in [2.05, 4.69) is 9.71 Å². The van der Waals surface area contributed by atoms with Crippen LogP contribution in [0.5, 0.6) is 0 Å². The van der Waals surface area contributed by atoms with Crippen LogP contribution >= 0.6 is 0 Å². The van der Waals surface area contributed by atoms with E-state index in [9.17, 15) is 22.1 Å². The van der Waals surface area contributed by atoms with Crippen LogP contribution in [-0.4, -0.2) is 20.8 Å². The highest BCUT2D eigenvalue weighted by Gasteiger charge is 2.41. The zero-order chi connectivity index (χ0) is 28.1. The number of halogens is 7. The Hall–Kier alpha value is -2.24. The van der Waals surface area contributed by atoms with Crippen molar-refractivity contribution in [2.45, 2.75) is 64.3 Å². The minimum absolute atomic E-state index is 0.0907. The van der Waals surface area contributed by atoms with E-state index < -0.39 is 68.8 Å². The molecule has 0 aliphatic heterocycles. The number of aromatic nitrogens is 1. The van der Waals surface area contributed by atoms with Crippen LogP contribution in [0.2, 0.25) is 0 Å². The zero-order valence-corrected chi connectivity index (χ0v) is 22.0. The first-order valence-electron chi connectivity index (χ1n) is 11.4. The first-order valence-corrected chi connectivity index (χ1v) is 12.6. The molecule has 0 saturated heterocycles. The van der Waals surface area contributed by atoms with E-state index in [-0.39, 0.29) is 22.0 Å². The molecule has 0 unspecified atom stereocenters. The molecule has 2 aromatic carbocycles. The van der Waals surface area contributed by atoms with Crippen LogP contribution in [0.4, 0.5) is 30.7 Å². The van der Waals surface area contributed by atoms with Gasteiger partial charge in [-0.3, -0.25) is 0 Å². The third-order valence-electron chi connectivity index (χ3n) is 5.98. The summed E-state index contributed by atoms with van der Waals surface area (Å²) in [5.41, 5.74) is -3.13. The molecule has 0 saturated carbocycles. The topological polar surface area (TPSA) is 50.9 Å². The number of fused-ring (bicyclic) bond motifs is 1. The second kappa shape index (κ2) is 9.81. The molecular weight excluding hydrogens is 521 g/mol. The fourth-order valence-corrected chi connectivity index (χ4v) is 5.02. The fourth-order valence-electron chi connectivity index (χ4n) is 4.28. The van der Waals surface area contributed by atoms with Crippen molar-refractivity contribution in [3.05, 3.63) is 70.4 Å². The summed E-state index contributed by atoms with van der Waals surface area (Å²) in [6.45, 7) is 8.72. The Morgan fingerprint density at radius 2 is 1.51 bits per heavy atom. The van der Waals surface area contributed by atoms with Crippen molar-refractivity contribution in [2.75, 3.05) is 6.54 Å². The van der Waals surface area contributed by atoms with E-state index in [1.807, 2.05) is 0 Å². The highest BCUT2D eigenvalue weighted by molar-refractivity contribution is 7.90. The molecule has 2 atom stereocenters. The summed E-state index contributed by atoms with van der Waals surface area (Å²) in [5, 5.41) is -0.155. The third-order valence-corrected chi connectivity index (χ3v) is 7.50. The molecule has 2 N–H and O–H groups in total. The molecule has 1 aromatic heterocycles. The normalized spacial score (nSPS) is 15.3. The minimum Gasteiger partial charge on any atom is -0.598 e. The van der Waals surface area contributed by atoms with Crippen molar-refractivity contribution in [2.24, 2.45) is 5.41 Å². The molecule has 0 aliphatic rings. The van der Waals surface area contributed by atoms with Gasteiger partial charge in [0.05, 0.1) is 5.56 Å². The molecule has 204 valence electrons. The molecule has 0 aliphatic carbocycles. The zero-order valence-electron chi connectivity index (χ0n) is 21.2. The largest absolute Gasteiger partial charge is 0.598 e. The number of hydrogen-bond acceptors (Lipinski definition) is 2. The van der Waals surface area contributed by atoms with Gasteiger partial charge in [0.25, 0.3) is 5.92 Å². The molecule has 11 heteroatoms. The van der Waals surface area contributed by atoms with Gasteiger partial charge < -0.3 is 9.54 Å². The number of hydrogen-bond donors (Lipinski definition) is 2. The first-order chi connectivity index (χ1) is 16.7. The lowest BCUT2D eigenvalue weighted by Crippen LogP contribution is -2.43. The summed E-state index contributed by atoms with van der Waals surface area (Å²) in [5.74, 6) is -6.78. The van der Waals surface area contributed by atoms with E-state index in [0.717, 1.165) is 24.4 Å². The van der Waals surface area contributed by atoms with Crippen molar-refractivity contribution in [1.29, 1.82) is 0 Å². The standard InChI is InChI=1S/C26H29F7N2OS/c1-23(2,3)22(15-8-7-14(27)9-18(15)26(31,32)33)17-11-21-16(10-20(17)28)19(12-34-21)25(29,30)13-35-37(36)24(4,5)6/h7-12,22,34-35H,13H2,1-6H3/t22-,37-/m0/s1. The van der Waals surface area contributed by atoms with Crippen LogP contribution in [0.1, 0.15) is 69.7 Å². The predicted octanol–water partition coefficient (Wildman–Crippen LogP) is 7.79. The van der Waals surface area contributed by atoms with Crippen molar-refractivity contribution in [3.8, 4) is 0 Å². The van der Waals surface area contributed by atoms with Crippen LogP contribution in [-0.2, 0) is 23.5 Å². The van der Waals surface area contributed by atoms with E-state index in [1.165, 1.54) is 6.07 Å². The van der Waals surface area contributed by atoms with E-state index in [0.29, 0.717) is 6.07 Å². The average Bonchev–Trinajstić information content (AvgIpc) is 3.14. The van der Waals surface area contributed by atoms with Crippen LogP contribution in [0.25, 0.3) is 10.9 Å². The van der Waals surface area contributed by atoms with Crippen molar-refractivity contribution in [1.82, 2.24) is 9.71 Å². The smallest absolute Gasteiger partial charge is 0.416 e. The molecule has 3 aromatic rings. The number of nitrogens with one attached hydrogen (secondary N) is 2. The molecule has 0 radical (unpaired) electrons. The Labute approximate surface area is 214 Å². The van der Waals surface area contributed by atoms with Gasteiger partial charge in [0.15, 0.2) is 0 Å².